The van der Waals surface area contributed by atoms with Crippen LogP contribution in [-0.2, 0) is 14.3 Å². The third-order valence-electron chi connectivity index (χ3n) is 5.04. The molecular formula is C25H55NO4P+. The van der Waals surface area contributed by atoms with Crippen LogP contribution in [-0.4, -0.2) is 68.9 Å². The molecular weight excluding hydrogens is 409 g/mol. The van der Waals surface area contributed by atoms with Gasteiger partial charge in [0.15, 0.2) is 0 Å². The summed E-state index contributed by atoms with van der Waals surface area (Å²) in [5.74, 6) is -0.171. The van der Waals surface area contributed by atoms with E-state index in [1.54, 1.807) is 0 Å². The second-order valence-electron chi connectivity index (χ2n) is 9.41. The van der Waals surface area contributed by atoms with Crippen molar-refractivity contribution < 1.29 is 23.9 Å². The Labute approximate surface area is 196 Å². The fourth-order valence-electron chi connectivity index (χ4n) is 3.10. The van der Waals surface area contributed by atoms with Gasteiger partial charge in [-0.15, -0.1) is 9.24 Å². The van der Waals surface area contributed by atoms with Crippen molar-refractivity contribution in [2.45, 2.75) is 110 Å². The van der Waals surface area contributed by atoms with E-state index < -0.39 is 0 Å². The number of likely N-dealkylation sites (N-methyl/N-ethyl adjacent to an activating group) is 1. The standard InChI is InChI=1S/C20H41O3P.C5H14NO/c1-3-5-6-7-8-9-10-11-12-13-14-15-16-17-19(21)23-18-20(24)22-4-2;1-6(2,3)4-5-7/h20H,3-18,24H2,1-2H3;7H,4-5H2,1-3H3/q;+1. The molecule has 0 aliphatic carbocycles. The molecule has 0 saturated heterocycles. The summed E-state index contributed by atoms with van der Waals surface area (Å²) < 4.78 is 11.3. The van der Waals surface area contributed by atoms with E-state index in [9.17, 15) is 4.79 Å². The monoisotopic (exact) mass is 464 g/mol. The average molecular weight is 465 g/mol. The first-order chi connectivity index (χ1) is 14.8. The molecule has 0 aliphatic heterocycles. The molecule has 6 heteroatoms. The lowest BCUT2D eigenvalue weighted by atomic mass is 10.0. The molecule has 0 fully saturated rings. The number of aliphatic hydroxyl groups excluding tert-OH is 1. The molecule has 0 bridgehead atoms. The van der Waals surface area contributed by atoms with E-state index in [4.69, 9.17) is 14.6 Å². The predicted molar refractivity (Wildman–Crippen MR) is 136 cm³/mol. The number of ether oxygens (including phenoxy) is 2. The maximum atomic E-state index is 11.6. The Morgan fingerprint density at radius 2 is 1.29 bits per heavy atom. The third kappa shape index (κ3) is 32.0. The number of esters is 1. The van der Waals surface area contributed by atoms with Gasteiger partial charge in [0, 0.05) is 13.0 Å². The number of quaternary nitrogens is 1. The van der Waals surface area contributed by atoms with Gasteiger partial charge in [-0.2, -0.15) is 0 Å². The number of hydrogen-bond donors (Lipinski definition) is 1. The first-order valence-corrected chi connectivity index (χ1v) is 13.4. The maximum Gasteiger partial charge on any atom is 0.305 e. The summed E-state index contributed by atoms with van der Waals surface area (Å²) in [4.78, 5) is 11.6. The molecule has 0 spiro atoms. The highest BCUT2D eigenvalue weighted by Gasteiger charge is 2.07. The zero-order valence-corrected chi connectivity index (χ0v) is 22.7. The van der Waals surface area contributed by atoms with Gasteiger partial charge in [0.05, 0.1) is 27.7 Å². The molecule has 0 rings (SSSR count). The summed E-state index contributed by atoms with van der Waals surface area (Å²) in [6.07, 6.45) is 17.7. The van der Waals surface area contributed by atoms with Gasteiger partial charge in [-0.1, -0.05) is 84.0 Å². The largest absolute Gasteiger partial charge is 0.463 e. The molecule has 2 atom stereocenters. The maximum absolute atomic E-state index is 11.6. The van der Waals surface area contributed by atoms with Crippen LogP contribution in [0, 0.1) is 0 Å². The van der Waals surface area contributed by atoms with Gasteiger partial charge in [0.25, 0.3) is 0 Å². The van der Waals surface area contributed by atoms with E-state index in [-0.39, 0.29) is 18.4 Å². The number of carbonyl (C=O) groups is 1. The van der Waals surface area contributed by atoms with Crippen LogP contribution in [0.1, 0.15) is 104 Å². The van der Waals surface area contributed by atoms with Crippen molar-refractivity contribution in [1.29, 1.82) is 0 Å². The van der Waals surface area contributed by atoms with Crippen molar-refractivity contribution in [3.05, 3.63) is 0 Å². The van der Waals surface area contributed by atoms with Crippen molar-refractivity contribution >= 4 is 15.2 Å². The van der Waals surface area contributed by atoms with E-state index in [0.29, 0.717) is 19.6 Å². The molecule has 0 aromatic rings. The van der Waals surface area contributed by atoms with Gasteiger partial charge >= 0.3 is 5.97 Å². The number of nitrogens with zero attached hydrogens (tertiary/aromatic N) is 1. The average Bonchev–Trinajstić information content (AvgIpc) is 2.70. The van der Waals surface area contributed by atoms with Crippen molar-refractivity contribution in [2.24, 2.45) is 0 Å². The zero-order valence-electron chi connectivity index (χ0n) is 21.5. The van der Waals surface area contributed by atoms with Crippen LogP contribution in [0.3, 0.4) is 0 Å². The predicted octanol–water partition coefficient (Wildman–Crippen LogP) is 5.93. The number of aliphatic hydroxyl groups is 1. The lowest BCUT2D eigenvalue weighted by Crippen LogP contribution is -2.36. The van der Waals surface area contributed by atoms with E-state index >= 15 is 0 Å². The molecule has 31 heavy (non-hydrogen) atoms. The SMILES string of the molecule is CCCCCCCCCCCCCCCC(=O)OCC(P)OCC.C[N+](C)(C)CCO. The van der Waals surface area contributed by atoms with Crippen LogP contribution in [0.2, 0.25) is 0 Å². The summed E-state index contributed by atoms with van der Waals surface area (Å²) in [6, 6.07) is 0. The van der Waals surface area contributed by atoms with Crippen LogP contribution < -0.4 is 0 Å². The van der Waals surface area contributed by atoms with Gasteiger partial charge in [0.2, 0.25) is 0 Å². The molecule has 0 saturated carbocycles. The van der Waals surface area contributed by atoms with Gasteiger partial charge < -0.3 is 19.1 Å². The Hall–Kier alpha value is -0.220. The molecule has 0 radical (unpaired) electrons. The van der Waals surface area contributed by atoms with Gasteiger partial charge in [0.1, 0.15) is 19.0 Å². The third-order valence-corrected chi connectivity index (χ3v) is 5.43. The normalized spacial score (nSPS) is 12.2. The van der Waals surface area contributed by atoms with Gasteiger partial charge in [-0.3, -0.25) is 4.79 Å². The lowest BCUT2D eigenvalue weighted by molar-refractivity contribution is -0.870. The second-order valence-corrected chi connectivity index (χ2v) is 10.2. The van der Waals surface area contributed by atoms with E-state index in [2.05, 4.69) is 37.3 Å². The molecule has 188 valence electrons. The lowest BCUT2D eigenvalue weighted by Gasteiger charge is -2.21. The zero-order chi connectivity index (χ0) is 23.8. The Kier molecular flexibility index (Phi) is 26.0. The summed E-state index contributed by atoms with van der Waals surface area (Å²) in [5, 5.41) is 8.39. The highest BCUT2D eigenvalue weighted by Crippen LogP contribution is 2.13. The number of unbranched alkanes of at least 4 members (excludes halogenated alkanes) is 12. The summed E-state index contributed by atoms with van der Waals surface area (Å²) >= 11 is 0. The fourth-order valence-corrected chi connectivity index (χ4v) is 3.39. The molecule has 0 aliphatic rings. The fraction of sp³-hybridized carbons (Fsp3) is 0.960. The highest BCUT2D eigenvalue weighted by molar-refractivity contribution is 7.17. The van der Waals surface area contributed by atoms with E-state index in [0.717, 1.165) is 23.9 Å². The molecule has 0 aromatic heterocycles. The summed E-state index contributed by atoms with van der Waals surface area (Å²) in [7, 11) is 8.70. The van der Waals surface area contributed by atoms with Crippen molar-refractivity contribution in [1.82, 2.24) is 0 Å². The first-order valence-electron chi connectivity index (χ1n) is 12.7. The van der Waals surface area contributed by atoms with Crippen molar-refractivity contribution in [3.63, 3.8) is 0 Å². The van der Waals surface area contributed by atoms with Crippen LogP contribution in [0.25, 0.3) is 0 Å². The van der Waals surface area contributed by atoms with Crippen LogP contribution >= 0.6 is 9.24 Å². The molecule has 0 heterocycles. The minimum atomic E-state index is -0.0924. The van der Waals surface area contributed by atoms with Crippen LogP contribution in [0.5, 0.6) is 0 Å². The van der Waals surface area contributed by atoms with Crippen molar-refractivity contribution in [2.75, 3.05) is 47.5 Å². The van der Waals surface area contributed by atoms with E-state index in [1.807, 2.05) is 6.92 Å². The Balaban J connectivity index is 0. The molecule has 5 nitrogen and oxygen atoms in total. The number of rotatable bonds is 20. The molecule has 1 N–H and O–H groups in total. The quantitative estimate of drug-likeness (QED) is 0.105. The minimum Gasteiger partial charge on any atom is -0.463 e. The number of hydrogen-bond acceptors (Lipinski definition) is 4. The smallest absolute Gasteiger partial charge is 0.305 e. The van der Waals surface area contributed by atoms with Gasteiger partial charge in [-0.25, -0.2) is 0 Å². The molecule has 2 unspecified atom stereocenters. The minimum absolute atomic E-state index is 0.0782. The summed E-state index contributed by atoms with van der Waals surface area (Å²) in [5.41, 5.74) is 0. The summed E-state index contributed by atoms with van der Waals surface area (Å²) in [6.45, 7) is 6.31. The molecule has 0 aromatic carbocycles. The first kappa shape index (κ1) is 33.0. The van der Waals surface area contributed by atoms with Crippen LogP contribution in [0.15, 0.2) is 0 Å². The van der Waals surface area contributed by atoms with Gasteiger partial charge in [-0.05, 0) is 13.3 Å². The number of carbonyl (C=O) groups excluding carboxylic acids is 1. The van der Waals surface area contributed by atoms with Crippen molar-refractivity contribution in [3.8, 4) is 0 Å². The topological polar surface area (TPSA) is 55.8 Å². The van der Waals surface area contributed by atoms with Crippen LogP contribution in [0.4, 0.5) is 0 Å². The Bertz CT molecular complexity index is 375. The second kappa shape index (κ2) is 24.4. The highest BCUT2D eigenvalue weighted by atomic mass is 31.0. The van der Waals surface area contributed by atoms with E-state index in [1.165, 1.54) is 70.6 Å². The Morgan fingerprint density at radius 1 is 0.839 bits per heavy atom. The molecule has 0 amide bonds. The Morgan fingerprint density at radius 3 is 1.65 bits per heavy atom.